The minimum atomic E-state index is -4.72. The number of Topliss-reactive ketones (excluding diaryl/α,β-unsaturated/α-hetero) is 1. The Morgan fingerprint density at radius 1 is 1.06 bits per heavy atom. The molecule has 12 heteroatoms. The van der Waals surface area contributed by atoms with Gasteiger partial charge in [0.05, 0.1) is 22.7 Å². The second-order valence-electron chi connectivity index (χ2n) is 8.13. The number of benzene rings is 2. The van der Waals surface area contributed by atoms with Crippen LogP contribution in [0.25, 0.3) is 11.3 Å². The molecule has 5 nitrogen and oxygen atoms in total. The molecule has 1 atom stereocenters. The third kappa shape index (κ3) is 6.79. The molecule has 1 aromatic heterocycles. The molecule has 1 unspecified atom stereocenters. The molecular formula is C24H20ClF5N2O3S. The molecule has 0 aliphatic rings. The summed E-state index contributed by atoms with van der Waals surface area (Å²) in [5.74, 6) is -2.72. The van der Waals surface area contributed by atoms with Crippen molar-refractivity contribution in [3.63, 3.8) is 0 Å². The van der Waals surface area contributed by atoms with Gasteiger partial charge in [-0.2, -0.15) is 13.2 Å². The third-order valence-corrected chi connectivity index (χ3v) is 6.25. The van der Waals surface area contributed by atoms with Gasteiger partial charge in [0.15, 0.2) is 0 Å². The van der Waals surface area contributed by atoms with E-state index < -0.39 is 39.4 Å². The maximum atomic E-state index is 14.3. The van der Waals surface area contributed by atoms with E-state index in [1.807, 2.05) is 4.72 Å². The summed E-state index contributed by atoms with van der Waals surface area (Å²) in [5, 5.41) is -0.293. The summed E-state index contributed by atoms with van der Waals surface area (Å²) < 4.78 is 92.3. The van der Waals surface area contributed by atoms with Crippen LogP contribution in [0, 0.1) is 11.6 Å². The topological polar surface area (TPSA) is 76.1 Å². The molecule has 0 fully saturated rings. The summed E-state index contributed by atoms with van der Waals surface area (Å²) in [4.78, 5) is 16.5. The highest BCUT2D eigenvalue weighted by Gasteiger charge is 2.33. The van der Waals surface area contributed by atoms with Gasteiger partial charge in [-0.05, 0) is 53.9 Å². The lowest BCUT2D eigenvalue weighted by Crippen LogP contribution is -2.14. The number of carbonyl (C=O) groups excluding carboxylic acids is 1. The van der Waals surface area contributed by atoms with Crippen molar-refractivity contribution in [3.05, 3.63) is 82.0 Å². The van der Waals surface area contributed by atoms with Gasteiger partial charge in [-0.15, -0.1) is 0 Å². The monoisotopic (exact) mass is 546 g/mol. The third-order valence-electron chi connectivity index (χ3n) is 5.37. The highest BCUT2D eigenvalue weighted by molar-refractivity contribution is 7.92. The summed E-state index contributed by atoms with van der Waals surface area (Å²) in [6.07, 6.45) is -3.95. The van der Waals surface area contributed by atoms with Crippen LogP contribution < -0.4 is 4.72 Å². The largest absolute Gasteiger partial charge is 0.433 e. The molecule has 1 heterocycles. The average molecular weight is 547 g/mol. The standard InChI is InChI=1S/C24H20ClF5N2O3S/c1-13(15-4-8-20(19(27)12-15)32-36(2,34)35)21(33)9-5-14-6-10-22(24(28,29)30)31-23(14)16-3-7-18(26)17(25)11-16/h3-4,6-8,10-13,32H,5,9H2,1-2H3. The van der Waals surface area contributed by atoms with Crippen molar-refractivity contribution in [2.75, 3.05) is 11.0 Å². The zero-order chi connectivity index (χ0) is 26.8. The fourth-order valence-corrected chi connectivity index (χ4v) is 4.23. The number of anilines is 1. The van der Waals surface area contributed by atoms with E-state index in [9.17, 15) is 35.2 Å². The molecule has 0 spiro atoms. The number of nitrogens with zero attached hydrogens (tertiary/aromatic N) is 1. The summed E-state index contributed by atoms with van der Waals surface area (Å²) in [6.45, 7) is 1.53. The lowest BCUT2D eigenvalue weighted by atomic mass is 9.91. The maximum absolute atomic E-state index is 14.3. The molecule has 2 aromatic carbocycles. The van der Waals surface area contributed by atoms with E-state index in [0.717, 1.165) is 30.5 Å². The van der Waals surface area contributed by atoms with Crippen molar-refractivity contribution >= 4 is 33.1 Å². The molecule has 0 radical (unpaired) electrons. The quantitative estimate of drug-likeness (QED) is 0.333. The summed E-state index contributed by atoms with van der Waals surface area (Å²) in [7, 11) is -3.70. The fourth-order valence-electron chi connectivity index (χ4n) is 3.48. The highest BCUT2D eigenvalue weighted by Crippen LogP contribution is 2.33. The Bertz CT molecular complexity index is 1410. The SMILES string of the molecule is CC(C(=O)CCc1ccc(C(F)(F)F)nc1-c1ccc(F)c(Cl)c1)c1ccc(NS(C)(=O)=O)c(F)c1. The van der Waals surface area contributed by atoms with E-state index in [4.69, 9.17) is 11.6 Å². The van der Waals surface area contributed by atoms with E-state index >= 15 is 0 Å². The summed E-state index contributed by atoms with van der Waals surface area (Å²) in [6, 6.07) is 9.05. The van der Waals surface area contributed by atoms with Crippen molar-refractivity contribution in [1.29, 1.82) is 0 Å². The first-order chi connectivity index (χ1) is 16.7. The number of rotatable bonds is 8. The Hall–Kier alpha value is -3.05. The molecule has 1 N–H and O–H groups in total. The van der Waals surface area contributed by atoms with Gasteiger partial charge in [0.2, 0.25) is 10.0 Å². The van der Waals surface area contributed by atoms with E-state index in [0.29, 0.717) is 11.1 Å². The van der Waals surface area contributed by atoms with Gasteiger partial charge in [0.1, 0.15) is 23.1 Å². The first kappa shape index (κ1) is 27.5. The molecular weight excluding hydrogens is 527 g/mol. The Balaban J connectivity index is 1.84. The molecule has 0 saturated heterocycles. The van der Waals surface area contributed by atoms with Crippen molar-refractivity contribution in [3.8, 4) is 11.3 Å². The predicted molar refractivity (Wildman–Crippen MR) is 126 cm³/mol. The number of hydrogen-bond acceptors (Lipinski definition) is 4. The van der Waals surface area contributed by atoms with Crippen LogP contribution in [0.5, 0.6) is 0 Å². The summed E-state index contributed by atoms with van der Waals surface area (Å²) >= 11 is 5.79. The molecule has 0 saturated carbocycles. The van der Waals surface area contributed by atoms with Gasteiger partial charge in [-0.25, -0.2) is 22.2 Å². The molecule has 36 heavy (non-hydrogen) atoms. The van der Waals surface area contributed by atoms with E-state index in [2.05, 4.69) is 4.98 Å². The number of carbonyl (C=O) groups is 1. The van der Waals surface area contributed by atoms with Crippen molar-refractivity contribution < 1.29 is 35.2 Å². The van der Waals surface area contributed by atoms with Crippen molar-refractivity contribution in [2.24, 2.45) is 0 Å². The van der Waals surface area contributed by atoms with Crippen LogP contribution in [0.1, 0.15) is 36.1 Å². The van der Waals surface area contributed by atoms with Gasteiger partial charge in [0, 0.05) is 17.9 Å². The van der Waals surface area contributed by atoms with Crippen LogP contribution in [0.4, 0.5) is 27.6 Å². The Morgan fingerprint density at radius 2 is 1.75 bits per heavy atom. The number of alkyl halides is 3. The smallest absolute Gasteiger partial charge is 0.299 e. The predicted octanol–water partition coefficient (Wildman–Crippen LogP) is 6.38. The number of nitrogens with one attached hydrogen (secondary N) is 1. The number of sulfonamides is 1. The first-order valence-corrected chi connectivity index (χ1v) is 12.7. The lowest BCUT2D eigenvalue weighted by Gasteiger charge is -2.15. The molecule has 0 amide bonds. The number of aryl methyl sites for hydroxylation is 1. The zero-order valence-electron chi connectivity index (χ0n) is 19.0. The van der Waals surface area contributed by atoms with Crippen LogP contribution >= 0.6 is 11.6 Å². The fraction of sp³-hybridized carbons (Fsp3) is 0.250. The van der Waals surface area contributed by atoms with Crippen molar-refractivity contribution in [2.45, 2.75) is 31.9 Å². The van der Waals surface area contributed by atoms with Crippen LogP contribution in [0.2, 0.25) is 5.02 Å². The minimum absolute atomic E-state index is 0.00877. The average Bonchev–Trinajstić information content (AvgIpc) is 2.78. The molecule has 0 aliphatic carbocycles. The first-order valence-electron chi connectivity index (χ1n) is 10.5. The molecule has 3 rings (SSSR count). The van der Waals surface area contributed by atoms with Gasteiger partial charge >= 0.3 is 6.18 Å². The van der Waals surface area contributed by atoms with Gasteiger partial charge in [-0.3, -0.25) is 9.52 Å². The number of aromatic nitrogens is 1. The Labute approximate surface area is 209 Å². The molecule has 3 aromatic rings. The normalized spacial score (nSPS) is 12.9. The van der Waals surface area contributed by atoms with Crippen LogP contribution in [-0.2, 0) is 27.4 Å². The van der Waals surface area contributed by atoms with Gasteiger partial charge in [0.25, 0.3) is 0 Å². The number of halogens is 6. The minimum Gasteiger partial charge on any atom is -0.299 e. The van der Waals surface area contributed by atoms with Gasteiger partial charge < -0.3 is 0 Å². The lowest BCUT2D eigenvalue weighted by molar-refractivity contribution is -0.141. The van der Waals surface area contributed by atoms with Crippen LogP contribution in [0.3, 0.4) is 0 Å². The van der Waals surface area contributed by atoms with E-state index in [1.165, 1.54) is 31.2 Å². The van der Waals surface area contributed by atoms with Gasteiger partial charge in [-0.1, -0.05) is 30.7 Å². The van der Waals surface area contributed by atoms with E-state index in [1.54, 1.807) is 0 Å². The highest BCUT2D eigenvalue weighted by atomic mass is 35.5. The summed E-state index contributed by atoms with van der Waals surface area (Å²) in [5.41, 5.74) is -0.745. The number of pyridine rings is 1. The number of hydrogen-bond donors (Lipinski definition) is 1. The molecule has 0 bridgehead atoms. The van der Waals surface area contributed by atoms with E-state index in [-0.39, 0.29) is 40.6 Å². The molecule has 192 valence electrons. The second kappa shape index (κ2) is 10.5. The maximum Gasteiger partial charge on any atom is 0.433 e. The van der Waals surface area contributed by atoms with Crippen molar-refractivity contribution in [1.82, 2.24) is 4.98 Å². The number of ketones is 1. The Kier molecular flexibility index (Phi) is 8.04. The zero-order valence-corrected chi connectivity index (χ0v) is 20.5. The second-order valence-corrected chi connectivity index (χ2v) is 10.3. The molecule has 0 aliphatic heterocycles. The van der Waals surface area contributed by atoms with Crippen LogP contribution in [0.15, 0.2) is 48.5 Å². The Morgan fingerprint density at radius 3 is 2.33 bits per heavy atom. The van der Waals surface area contributed by atoms with Crippen LogP contribution in [-0.4, -0.2) is 25.4 Å².